The minimum absolute atomic E-state index is 0.407. The highest BCUT2D eigenvalue weighted by Crippen LogP contribution is 2.33. The van der Waals surface area contributed by atoms with E-state index in [1.54, 1.807) is 11.3 Å². The van der Waals surface area contributed by atoms with E-state index in [9.17, 15) is 0 Å². The van der Waals surface area contributed by atoms with Crippen LogP contribution in [-0.4, -0.2) is 16.3 Å². The van der Waals surface area contributed by atoms with E-state index in [0.29, 0.717) is 12.0 Å². The molecule has 0 radical (unpaired) electrons. The first-order valence-corrected chi connectivity index (χ1v) is 8.09. The Morgan fingerprint density at radius 3 is 3.21 bits per heavy atom. The van der Waals surface area contributed by atoms with Gasteiger partial charge < -0.3 is 5.32 Å². The quantitative estimate of drug-likeness (QED) is 0.904. The zero-order valence-corrected chi connectivity index (χ0v) is 12.4. The van der Waals surface area contributed by atoms with Gasteiger partial charge in [-0.15, -0.1) is 0 Å². The van der Waals surface area contributed by atoms with Gasteiger partial charge in [0.1, 0.15) is 5.82 Å². The largest absolute Gasteiger partial charge is 0.370 e. The van der Waals surface area contributed by atoms with Gasteiger partial charge in [0.25, 0.3) is 0 Å². The van der Waals surface area contributed by atoms with E-state index < -0.39 is 0 Å². The Bertz CT molecular complexity index is 530. The van der Waals surface area contributed by atoms with Crippen LogP contribution in [0.15, 0.2) is 22.9 Å². The zero-order chi connectivity index (χ0) is 13.2. The normalized spacial score (nSPS) is 19.8. The SMILES string of the molecule is CCCC(C)c1cc2n(n1)C(c1ccsc1)CCN2. The van der Waals surface area contributed by atoms with E-state index >= 15 is 0 Å². The van der Waals surface area contributed by atoms with Crippen molar-refractivity contribution in [1.82, 2.24) is 9.78 Å². The average molecular weight is 275 g/mol. The second-order valence-corrected chi connectivity index (χ2v) is 6.16. The highest BCUT2D eigenvalue weighted by atomic mass is 32.1. The fourth-order valence-electron chi connectivity index (χ4n) is 2.84. The molecule has 0 aliphatic carbocycles. The molecule has 2 aromatic heterocycles. The summed E-state index contributed by atoms with van der Waals surface area (Å²) in [6, 6.07) is 4.87. The summed E-state index contributed by atoms with van der Waals surface area (Å²) in [6.07, 6.45) is 3.54. The summed E-state index contributed by atoms with van der Waals surface area (Å²) < 4.78 is 2.19. The minimum Gasteiger partial charge on any atom is -0.370 e. The lowest BCUT2D eigenvalue weighted by molar-refractivity contribution is 0.474. The topological polar surface area (TPSA) is 29.9 Å². The molecular weight excluding hydrogens is 254 g/mol. The van der Waals surface area contributed by atoms with Gasteiger partial charge in [0.05, 0.1) is 11.7 Å². The Labute approximate surface area is 118 Å². The molecule has 3 nitrogen and oxygen atoms in total. The molecule has 0 amide bonds. The molecule has 3 heterocycles. The third kappa shape index (κ3) is 2.41. The maximum absolute atomic E-state index is 4.87. The molecule has 0 bridgehead atoms. The third-order valence-corrected chi connectivity index (χ3v) is 4.63. The van der Waals surface area contributed by atoms with Crippen molar-refractivity contribution in [2.45, 2.75) is 45.1 Å². The molecule has 2 unspecified atom stereocenters. The molecular formula is C15H21N3S. The lowest BCUT2D eigenvalue weighted by Crippen LogP contribution is -2.24. The smallest absolute Gasteiger partial charge is 0.125 e. The molecule has 1 aliphatic heterocycles. The van der Waals surface area contributed by atoms with Crippen molar-refractivity contribution in [2.75, 3.05) is 11.9 Å². The van der Waals surface area contributed by atoms with Gasteiger partial charge in [-0.05, 0) is 35.2 Å². The molecule has 2 aromatic rings. The summed E-state index contributed by atoms with van der Waals surface area (Å²) in [4.78, 5) is 0. The number of hydrogen-bond acceptors (Lipinski definition) is 3. The van der Waals surface area contributed by atoms with Crippen molar-refractivity contribution < 1.29 is 0 Å². The van der Waals surface area contributed by atoms with E-state index in [0.717, 1.165) is 13.0 Å². The fraction of sp³-hybridized carbons (Fsp3) is 0.533. The monoisotopic (exact) mass is 275 g/mol. The average Bonchev–Trinajstić information content (AvgIpc) is 3.07. The summed E-state index contributed by atoms with van der Waals surface area (Å²) >= 11 is 1.77. The predicted molar refractivity (Wildman–Crippen MR) is 81.1 cm³/mol. The van der Waals surface area contributed by atoms with Crippen LogP contribution in [0.4, 0.5) is 5.82 Å². The number of fused-ring (bicyclic) bond motifs is 1. The van der Waals surface area contributed by atoms with Gasteiger partial charge in [-0.1, -0.05) is 20.3 Å². The zero-order valence-electron chi connectivity index (χ0n) is 11.6. The van der Waals surface area contributed by atoms with Crippen LogP contribution in [0.2, 0.25) is 0 Å². The second kappa shape index (κ2) is 5.37. The first-order valence-electron chi connectivity index (χ1n) is 7.15. The molecule has 0 spiro atoms. The van der Waals surface area contributed by atoms with E-state index in [4.69, 9.17) is 5.10 Å². The Morgan fingerprint density at radius 2 is 2.47 bits per heavy atom. The Balaban J connectivity index is 1.92. The van der Waals surface area contributed by atoms with Crippen molar-refractivity contribution in [1.29, 1.82) is 0 Å². The van der Waals surface area contributed by atoms with Crippen LogP contribution < -0.4 is 5.32 Å². The summed E-state index contributed by atoms with van der Waals surface area (Å²) in [7, 11) is 0. The summed E-state index contributed by atoms with van der Waals surface area (Å²) in [6.45, 7) is 5.55. The van der Waals surface area contributed by atoms with Gasteiger partial charge in [0.2, 0.25) is 0 Å². The van der Waals surface area contributed by atoms with Crippen LogP contribution in [0.3, 0.4) is 0 Å². The molecule has 0 aromatic carbocycles. The highest BCUT2D eigenvalue weighted by Gasteiger charge is 2.24. The van der Waals surface area contributed by atoms with Gasteiger partial charge in [0, 0.05) is 18.5 Å². The van der Waals surface area contributed by atoms with Gasteiger partial charge in [0.15, 0.2) is 0 Å². The van der Waals surface area contributed by atoms with Crippen molar-refractivity contribution in [3.05, 3.63) is 34.2 Å². The van der Waals surface area contributed by atoms with Gasteiger partial charge in [-0.3, -0.25) is 0 Å². The number of hydrogen-bond donors (Lipinski definition) is 1. The van der Waals surface area contributed by atoms with Crippen LogP contribution >= 0.6 is 11.3 Å². The van der Waals surface area contributed by atoms with Crippen LogP contribution in [0, 0.1) is 0 Å². The lowest BCUT2D eigenvalue weighted by Gasteiger charge is -2.25. The number of anilines is 1. The first kappa shape index (κ1) is 12.7. The molecule has 19 heavy (non-hydrogen) atoms. The number of thiophene rings is 1. The Kier molecular flexibility index (Phi) is 3.60. The fourth-order valence-corrected chi connectivity index (χ4v) is 3.54. The number of aromatic nitrogens is 2. The van der Waals surface area contributed by atoms with Crippen molar-refractivity contribution >= 4 is 17.2 Å². The Hall–Kier alpha value is -1.29. The molecule has 1 aliphatic rings. The summed E-state index contributed by atoms with van der Waals surface area (Å²) in [5.41, 5.74) is 2.62. The molecule has 3 rings (SSSR count). The van der Waals surface area contributed by atoms with Crippen LogP contribution in [-0.2, 0) is 0 Å². The summed E-state index contributed by atoms with van der Waals surface area (Å²) in [5.74, 6) is 1.73. The Morgan fingerprint density at radius 1 is 1.58 bits per heavy atom. The molecule has 102 valence electrons. The van der Waals surface area contributed by atoms with Crippen molar-refractivity contribution in [2.24, 2.45) is 0 Å². The highest BCUT2D eigenvalue weighted by molar-refractivity contribution is 7.07. The molecule has 2 atom stereocenters. The van der Waals surface area contributed by atoms with Crippen LogP contribution in [0.25, 0.3) is 0 Å². The van der Waals surface area contributed by atoms with Crippen molar-refractivity contribution in [3.8, 4) is 0 Å². The lowest BCUT2D eigenvalue weighted by atomic mass is 10.0. The third-order valence-electron chi connectivity index (χ3n) is 3.93. The van der Waals surface area contributed by atoms with Crippen LogP contribution in [0.1, 0.15) is 56.3 Å². The standard InChI is InChI=1S/C15H21N3S/c1-3-4-11(2)13-9-15-16-7-5-14(18(15)17-13)12-6-8-19-10-12/h6,8-11,14,16H,3-5,7H2,1-2H3. The number of nitrogens with zero attached hydrogens (tertiary/aromatic N) is 2. The summed E-state index contributed by atoms with van der Waals surface area (Å²) in [5, 5.41) is 12.7. The van der Waals surface area contributed by atoms with Crippen molar-refractivity contribution in [3.63, 3.8) is 0 Å². The van der Waals surface area contributed by atoms with Gasteiger partial charge in [-0.25, -0.2) is 4.68 Å². The number of nitrogens with one attached hydrogen (secondary N) is 1. The van der Waals surface area contributed by atoms with E-state index in [2.05, 4.69) is 46.7 Å². The maximum Gasteiger partial charge on any atom is 0.125 e. The molecule has 0 saturated carbocycles. The van der Waals surface area contributed by atoms with Crippen LogP contribution in [0.5, 0.6) is 0 Å². The molecule has 1 N–H and O–H groups in total. The van der Waals surface area contributed by atoms with E-state index in [1.807, 2.05) is 0 Å². The molecule has 0 saturated heterocycles. The van der Waals surface area contributed by atoms with E-state index in [1.165, 1.54) is 29.9 Å². The number of rotatable bonds is 4. The van der Waals surface area contributed by atoms with Gasteiger partial charge in [-0.2, -0.15) is 16.4 Å². The first-order chi connectivity index (χ1) is 9.29. The van der Waals surface area contributed by atoms with E-state index in [-0.39, 0.29) is 0 Å². The van der Waals surface area contributed by atoms with Gasteiger partial charge >= 0.3 is 0 Å². The second-order valence-electron chi connectivity index (χ2n) is 5.38. The molecule has 0 fully saturated rings. The predicted octanol–water partition coefficient (Wildman–Crippen LogP) is 4.25. The minimum atomic E-state index is 0.407. The maximum atomic E-state index is 4.87. The molecule has 4 heteroatoms.